The zero-order valence-corrected chi connectivity index (χ0v) is 12.3. The molecule has 0 saturated carbocycles. The van der Waals surface area contributed by atoms with E-state index in [1.54, 1.807) is 0 Å². The number of carbonyl (C=O) groups is 2. The van der Waals surface area contributed by atoms with Gasteiger partial charge in [0.1, 0.15) is 0 Å². The Morgan fingerprint density at radius 2 is 2.30 bits per heavy atom. The Hall–Kier alpha value is -1.28. The van der Waals surface area contributed by atoms with Crippen molar-refractivity contribution in [3.8, 4) is 0 Å². The van der Waals surface area contributed by atoms with Crippen LogP contribution in [-0.4, -0.2) is 52.8 Å². The van der Waals surface area contributed by atoms with E-state index in [1.165, 1.54) is 0 Å². The van der Waals surface area contributed by atoms with Gasteiger partial charge in [0.25, 0.3) is 0 Å². The topological polar surface area (TPSA) is 105 Å². The summed E-state index contributed by atoms with van der Waals surface area (Å²) in [4.78, 5) is 23.2. The average molecular weight is 350 g/mol. The quantitative estimate of drug-likeness (QED) is 0.502. The summed E-state index contributed by atoms with van der Waals surface area (Å²) in [6.07, 6.45) is -0.415. The molecule has 0 aromatic carbocycles. The van der Waals surface area contributed by atoms with E-state index in [-0.39, 0.29) is 11.2 Å². The molecule has 0 aromatic rings. The first kappa shape index (κ1) is 15.1. The van der Waals surface area contributed by atoms with Crippen molar-refractivity contribution in [1.29, 1.82) is 0 Å². The highest BCUT2D eigenvalue weighted by Crippen LogP contribution is 2.25. The molecule has 0 spiro atoms. The number of piperidine rings is 1. The van der Waals surface area contributed by atoms with E-state index in [2.05, 4.69) is 21.2 Å². The third-order valence-electron chi connectivity index (χ3n) is 3.33. The van der Waals surface area contributed by atoms with Gasteiger partial charge >= 0.3 is 11.9 Å². The molecule has 2 aliphatic heterocycles. The Balaban J connectivity index is 1.99. The summed E-state index contributed by atoms with van der Waals surface area (Å²) in [7, 11) is 0. The summed E-state index contributed by atoms with van der Waals surface area (Å²) in [5, 5.41) is 22.1. The number of halogens is 1. The van der Waals surface area contributed by atoms with Gasteiger partial charge < -0.3 is 25.0 Å². The van der Waals surface area contributed by atoms with Crippen molar-refractivity contribution >= 4 is 27.9 Å². The van der Waals surface area contributed by atoms with Crippen LogP contribution in [-0.2, 0) is 19.1 Å². The van der Waals surface area contributed by atoms with E-state index in [9.17, 15) is 19.8 Å². The number of hydrogen-bond donors (Lipinski definition) is 3. The lowest BCUT2D eigenvalue weighted by Gasteiger charge is -2.26. The molecule has 3 atom stereocenters. The fourth-order valence-corrected chi connectivity index (χ4v) is 2.66. The zero-order valence-electron chi connectivity index (χ0n) is 10.7. The molecule has 3 N–H and O–H groups in total. The van der Waals surface area contributed by atoms with Crippen molar-refractivity contribution in [1.82, 2.24) is 5.32 Å². The van der Waals surface area contributed by atoms with Gasteiger partial charge in [-0.15, -0.1) is 0 Å². The smallest absolute Gasteiger partial charge is 0.378 e. The molecule has 2 rings (SSSR count). The number of ether oxygens (including phenoxy) is 2. The van der Waals surface area contributed by atoms with Crippen LogP contribution in [0.1, 0.15) is 12.8 Å². The predicted molar refractivity (Wildman–Crippen MR) is 71.4 cm³/mol. The molecule has 0 radical (unpaired) electrons. The second-order valence-electron chi connectivity index (χ2n) is 4.73. The lowest BCUT2D eigenvalue weighted by Crippen LogP contribution is -2.40. The lowest BCUT2D eigenvalue weighted by atomic mass is 10.00. The number of esters is 2. The van der Waals surface area contributed by atoms with Crippen LogP contribution in [0.5, 0.6) is 0 Å². The Morgan fingerprint density at radius 1 is 1.55 bits per heavy atom. The average Bonchev–Trinajstić information content (AvgIpc) is 2.73. The maximum atomic E-state index is 12.0. The summed E-state index contributed by atoms with van der Waals surface area (Å²) in [5.74, 6) is -3.11. The van der Waals surface area contributed by atoms with Crippen molar-refractivity contribution < 1.29 is 29.3 Å². The van der Waals surface area contributed by atoms with E-state index in [0.29, 0.717) is 6.54 Å². The number of rotatable bonds is 4. The number of cyclic esters (lactones) is 1. The third-order valence-corrected chi connectivity index (χ3v) is 3.97. The van der Waals surface area contributed by atoms with Gasteiger partial charge in [-0.3, -0.25) is 4.79 Å². The van der Waals surface area contributed by atoms with Crippen LogP contribution < -0.4 is 5.32 Å². The SMILES string of the molecule is O=C1O[C@H]([C@H](CBr)OC(=O)C2CCCNC2)C(O)=C1O. The monoisotopic (exact) mass is 349 g/mol. The Kier molecular flexibility index (Phi) is 4.87. The molecule has 0 amide bonds. The highest BCUT2D eigenvalue weighted by atomic mass is 79.9. The molecule has 1 fully saturated rings. The van der Waals surface area contributed by atoms with Gasteiger partial charge in [0.05, 0.1) is 5.92 Å². The fraction of sp³-hybridized carbons (Fsp3) is 0.667. The second kappa shape index (κ2) is 6.45. The molecule has 20 heavy (non-hydrogen) atoms. The van der Waals surface area contributed by atoms with Crippen LogP contribution in [0.4, 0.5) is 0 Å². The minimum Gasteiger partial charge on any atom is -0.505 e. The lowest BCUT2D eigenvalue weighted by molar-refractivity contribution is -0.164. The highest BCUT2D eigenvalue weighted by molar-refractivity contribution is 9.09. The van der Waals surface area contributed by atoms with Gasteiger partial charge in [-0.05, 0) is 19.4 Å². The van der Waals surface area contributed by atoms with E-state index in [1.807, 2.05) is 0 Å². The molecule has 2 aliphatic rings. The van der Waals surface area contributed by atoms with Crippen LogP contribution in [0.2, 0.25) is 0 Å². The summed E-state index contributed by atoms with van der Waals surface area (Å²) in [5.41, 5.74) is 0. The zero-order chi connectivity index (χ0) is 14.7. The predicted octanol–water partition coefficient (Wildman–Crippen LogP) is 0.546. The molecule has 0 aromatic heterocycles. The molecule has 1 saturated heterocycles. The Labute approximate surface area is 124 Å². The van der Waals surface area contributed by atoms with Crippen LogP contribution in [0.3, 0.4) is 0 Å². The van der Waals surface area contributed by atoms with Crippen molar-refractivity contribution in [2.24, 2.45) is 5.92 Å². The van der Waals surface area contributed by atoms with Gasteiger partial charge in [0.2, 0.25) is 11.9 Å². The van der Waals surface area contributed by atoms with E-state index in [4.69, 9.17) is 9.47 Å². The summed E-state index contributed by atoms with van der Waals surface area (Å²) in [6, 6.07) is 0. The molecule has 7 nitrogen and oxygen atoms in total. The molecule has 112 valence electrons. The van der Waals surface area contributed by atoms with Gasteiger partial charge in [-0.2, -0.15) is 0 Å². The largest absolute Gasteiger partial charge is 0.505 e. The van der Waals surface area contributed by atoms with E-state index in [0.717, 1.165) is 19.4 Å². The first-order chi connectivity index (χ1) is 9.54. The number of carbonyl (C=O) groups excluding carboxylic acids is 2. The number of hydrogen-bond acceptors (Lipinski definition) is 7. The molecule has 0 bridgehead atoms. The number of aliphatic hydroxyl groups is 2. The highest BCUT2D eigenvalue weighted by Gasteiger charge is 2.42. The molecule has 0 aliphatic carbocycles. The number of alkyl halides is 1. The van der Waals surface area contributed by atoms with Gasteiger partial charge in [0, 0.05) is 11.9 Å². The Morgan fingerprint density at radius 3 is 2.80 bits per heavy atom. The molecule has 2 heterocycles. The van der Waals surface area contributed by atoms with Crippen LogP contribution in [0.25, 0.3) is 0 Å². The summed E-state index contributed by atoms with van der Waals surface area (Å²) in [6.45, 7) is 1.43. The maximum absolute atomic E-state index is 12.0. The Bertz CT molecular complexity index is 432. The van der Waals surface area contributed by atoms with Crippen LogP contribution in [0.15, 0.2) is 11.5 Å². The minimum absolute atomic E-state index is 0.175. The summed E-state index contributed by atoms with van der Waals surface area (Å²) >= 11 is 3.15. The normalized spacial score (nSPS) is 28.1. The first-order valence-electron chi connectivity index (χ1n) is 6.34. The second-order valence-corrected chi connectivity index (χ2v) is 5.38. The number of nitrogens with one attached hydrogen (secondary N) is 1. The van der Waals surface area contributed by atoms with Crippen molar-refractivity contribution in [2.45, 2.75) is 25.0 Å². The number of aliphatic hydroxyl groups excluding tert-OH is 2. The molecule has 1 unspecified atom stereocenters. The van der Waals surface area contributed by atoms with Gasteiger partial charge in [-0.25, -0.2) is 4.79 Å². The van der Waals surface area contributed by atoms with E-state index >= 15 is 0 Å². The minimum atomic E-state index is -1.16. The van der Waals surface area contributed by atoms with Crippen LogP contribution >= 0.6 is 15.9 Å². The van der Waals surface area contributed by atoms with Gasteiger partial charge in [-0.1, -0.05) is 15.9 Å². The molecular formula is C12H16BrNO6. The van der Waals surface area contributed by atoms with Crippen molar-refractivity contribution in [3.63, 3.8) is 0 Å². The maximum Gasteiger partial charge on any atom is 0.378 e. The van der Waals surface area contributed by atoms with E-state index < -0.39 is 35.7 Å². The van der Waals surface area contributed by atoms with Crippen LogP contribution in [0, 0.1) is 5.92 Å². The fourth-order valence-electron chi connectivity index (χ4n) is 2.19. The molecule has 8 heteroatoms. The molecular weight excluding hydrogens is 334 g/mol. The summed E-state index contributed by atoms with van der Waals surface area (Å²) < 4.78 is 10.1. The van der Waals surface area contributed by atoms with Crippen molar-refractivity contribution in [3.05, 3.63) is 11.5 Å². The standard InChI is InChI=1S/C12H16BrNO6/c13-4-7(10-8(15)9(16)12(18)20-10)19-11(17)6-2-1-3-14-5-6/h6-7,10,14-16H,1-5H2/t6?,7-,10+/m0/s1. The first-order valence-corrected chi connectivity index (χ1v) is 7.47. The third kappa shape index (κ3) is 3.06. The van der Waals surface area contributed by atoms with Crippen molar-refractivity contribution in [2.75, 3.05) is 18.4 Å². The van der Waals surface area contributed by atoms with Gasteiger partial charge in [0.15, 0.2) is 11.9 Å².